The molecule has 0 unspecified atom stereocenters. The molecule has 0 bridgehead atoms. The number of ether oxygens (including phenoxy) is 2. The first-order valence-electron chi connectivity index (χ1n) is 8.16. The van der Waals surface area contributed by atoms with Crippen LogP contribution in [0.5, 0.6) is 5.75 Å². The van der Waals surface area contributed by atoms with E-state index in [4.69, 9.17) is 9.47 Å². The maximum Gasteiger partial charge on any atom is 0.225 e. The average Bonchev–Trinajstić information content (AvgIpc) is 3.00. The molecule has 2 fully saturated rings. The number of hydrogen-bond donors (Lipinski definition) is 0. The molecule has 0 aromatic carbocycles. The van der Waals surface area contributed by atoms with Crippen LogP contribution >= 0.6 is 0 Å². The smallest absolute Gasteiger partial charge is 0.225 e. The summed E-state index contributed by atoms with van der Waals surface area (Å²) in [5.74, 6) is 0.939. The zero-order chi connectivity index (χ0) is 16.4. The van der Waals surface area contributed by atoms with Crippen LogP contribution in [0.25, 0.3) is 0 Å². The SMILES string of the molecule is Fc1cnc(N2CCC3(CC2)C[C@@H](Oc2cccnc2)CO3)nc1. The van der Waals surface area contributed by atoms with Gasteiger partial charge in [0, 0.05) is 25.7 Å². The Morgan fingerprint density at radius 1 is 1.21 bits per heavy atom. The third-order valence-electron chi connectivity index (χ3n) is 4.68. The van der Waals surface area contributed by atoms with Gasteiger partial charge in [-0.25, -0.2) is 14.4 Å². The molecule has 24 heavy (non-hydrogen) atoms. The number of aromatic nitrogens is 3. The van der Waals surface area contributed by atoms with Gasteiger partial charge in [-0.1, -0.05) is 0 Å². The molecule has 0 radical (unpaired) electrons. The molecule has 7 heteroatoms. The Hall–Kier alpha value is -2.28. The summed E-state index contributed by atoms with van der Waals surface area (Å²) in [6.45, 7) is 2.19. The number of nitrogens with zero attached hydrogens (tertiary/aromatic N) is 4. The first-order valence-corrected chi connectivity index (χ1v) is 8.16. The lowest BCUT2D eigenvalue weighted by Gasteiger charge is -2.38. The summed E-state index contributed by atoms with van der Waals surface area (Å²) in [7, 11) is 0. The summed E-state index contributed by atoms with van der Waals surface area (Å²) in [6.07, 6.45) is 8.57. The molecule has 2 aromatic heterocycles. The topological polar surface area (TPSA) is 60.4 Å². The van der Waals surface area contributed by atoms with Crippen molar-refractivity contribution in [2.45, 2.75) is 31.0 Å². The van der Waals surface area contributed by atoms with Crippen molar-refractivity contribution >= 4 is 5.95 Å². The summed E-state index contributed by atoms with van der Waals surface area (Å²) < 4.78 is 25.0. The quantitative estimate of drug-likeness (QED) is 0.860. The zero-order valence-corrected chi connectivity index (χ0v) is 13.3. The highest BCUT2D eigenvalue weighted by Gasteiger charge is 2.44. The summed E-state index contributed by atoms with van der Waals surface area (Å²) in [5, 5.41) is 0. The van der Waals surface area contributed by atoms with E-state index in [0.29, 0.717) is 12.6 Å². The molecule has 4 heterocycles. The normalized spacial score (nSPS) is 22.7. The van der Waals surface area contributed by atoms with Gasteiger partial charge in [-0.2, -0.15) is 0 Å². The molecule has 126 valence electrons. The fourth-order valence-corrected chi connectivity index (χ4v) is 3.42. The minimum atomic E-state index is -0.415. The largest absolute Gasteiger partial charge is 0.486 e. The highest BCUT2D eigenvalue weighted by molar-refractivity contribution is 5.30. The molecular formula is C17H19FN4O2. The highest BCUT2D eigenvalue weighted by atomic mass is 19.1. The van der Waals surface area contributed by atoms with E-state index in [1.807, 2.05) is 12.1 Å². The number of anilines is 1. The zero-order valence-electron chi connectivity index (χ0n) is 13.3. The third-order valence-corrected chi connectivity index (χ3v) is 4.68. The third kappa shape index (κ3) is 3.17. The average molecular weight is 330 g/mol. The van der Waals surface area contributed by atoms with Gasteiger partial charge < -0.3 is 14.4 Å². The summed E-state index contributed by atoms with van der Waals surface area (Å²) in [5.41, 5.74) is -0.136. The van der Waals surface area contributed by atoms with Gasteiger partial charge in [0.2, 0.25) is 5.95 Å². The molecule has 6 nitrogen and oxygen atoms in total. The summed E-state index contributed by atoms with van der Waals surface area (Å²) >= 11 is 0. The van der Waals surface area contributed by atoms with E-state index < -0.39 is 5.82 Å². The lowest BCUT2D eigenvalue weighted by atomic mass is 9.88. The van der Waals surface area contributed by atoms with Crippen molar-refractivity contribution in [1.82, 2.24) is 15.0 Å². The van der Waals surface area contributed by atoms with Gasteiger partial charge in [-0.3, -0.25) is 4.98 Å². The minimum Gasteiger partial charge on any atom is -0.486 e. The molecule has 0 saturated carbocycles. The fraction of sp³-hybridized carbons (Fsp3) is 0.471. The maximum atomic E-state index is 12.9. The van der Waals surface area contributed by atoms with Gasteiger partial charge in [-0.15, -0.1) is 0 Å². The van der Waals surface area contributed by atoms with Crippen LogP contribution in [0.1, 0.15) is 19.3 Å². The molecule has 0 amide bonds. The molecule has 4 rings (SSSR count). The molecular weight excluding hydrogens is 311 g/mol. The molecule has 1 spiro atoms. The fourth-order valence-electron chi connectivity index (χ4n) is 3.42. The lowest BCUT2D eigenvalue weighted by molar-refractivity contribution is -0.0164. The first-order chi connectivity index (χ1) is 11.7. The van der Waals surface area contributed by atoms with Crippen LogP contribution in [0, 0.1) is 5.82 Å². The first kappa shape index (κ1) is 15.3. The second-order valence-corrected chi connectivity index (χ2v) is 6.32. The Bertz CT molecular complexity index is 675. The second kappa shape index (κ2) is 6.32. The Morgan fingerprint density at radius 2 is 2.00 bits per heavy atom. The van der Waals surface area contributed by atoms with Crippen LogP contribution in [0.4, 0.5) is 10.3 Å². The molecule has 2 aliphatic heterocycles. The Kier molecular flexibility index (Phi) is 4.02. The van der Waals surface area contributed by atoms with Crippen molar-refractivity contribution in [2.24, 2.45) is 0 Å². The summed E-state index contributed by atoms with van der Waals surface area (Å²) in [4.78, 5) is 14.3. The van der Waals surface area contributed by atoms with Crippen molar-refractivity contribution in [3.63, 3.8) is 0 Å². The predicted molar refractivity (Wildman–Crippen MR) is 85.4 cm³/mol. The van der Waals surface area contributed by atoms with Gasteiger partial charge >= 0.3 is 0 Å². The number of halogens is 1. The lowest BCUT2D eigenvalue weighted by Crippen LogP contribution is -2.45. The van der Waals surface area contributed by atoms with Crippen LogP contribution in [-0.4, -0.2) is 46.4 Å². The number of hydrogen-bond acceptors (Lipinski definition) is 6. The number of rotatable bonds is 3. The molecule has 0 N–H and O–H groups in total. The van der Waals surface area contributed by atoms with E-state index in [2.05, 4.69) is 19.9 Å². The highest BCUT2D eigenvalue weighted by Crippen LogP contribution is 2.37. The number of piperidine rings is 1. The van der Waals surface area contributed by atoms with Gasteiger partial charge in [0.1, 0.15) is 11.9 Å². The van der Waals surface area contributed by atoms with Gasteiger partial charge in [-0.05, 0) is 25.0 Å². The van der Waals surface area contributed by atoms with E-state index in [1.54, 1.807) is 12.4 Å². The Morgan fingerprint density at radius 3 is 2.71 bits per heavy atom. The van der Waals surface area contributed by atoms with Crippen molar-refractivity contribution in [1.29, 1.82) is 0 Å². The standard InChI is InChI=1S/C17H19FN4O2/c18-13-9-20-16(21-10-13)22-6-3-17(4-7-22)8-15(12-23-17)24-14-2-1-5-19-11-14/h1-2,5,9-11,15H,3-4,6-8,12H2/t15-/m1/s1. The van der Waals surface area contributed by atoms with Crippen LogP contribution in [0.3, 0.4) is 0 Å². The van der Waals surface area contributed by atoms with Crippen LogP contribution in [0.15, 0.2) is 36.9 Å². The van der Waals surface area contributed by atoms with Crippen molar-refractivity contribution in [3.8, 4) is 5.75 Å². The molecule has 2 saturated heterocycles. The van der Waals surface area contributed by atoms with Gasteiger partial charge in [0.05, 0.1) is 30.8 Å². The van der Waals surface area contributed by atoms with Crippen molar-refractivity contribution < 1.29 is 13.9 Å². The molecule has 2 aliphatic rings. The maximum absolute atomic E-state index is 12.9. The molecule has 2 aromatic rings. The van der Waals surface area contributed by atoms with Gasteiger partial charge in [0.15, 0.2) is 5.82 Å². The Labute approximate surface area is 139 Å². The van der Waals surface area contributed by atoms with E-state index in [1.165, 1.54) is 12.4 Å². The van der Waals surface area contributed by atoms with Crippen molar-refractivity contribution in [2.75, 3.05) is 24.6 Å². The monoisotopic (exact) mass is 330 g/mol. The van der Waals surface area contributed by atoms with E-state index in [9.17, 15) is 4.39 Å². The van der Waals surface area contributed by atoms with E-state index in [-0.39, 0.29) is 11.7 Å². The molecule has 1 atom stereocenters. The minimum absolute atomic E-state index is 0.0582. The van der Waals surface area contributed by atoms with Crippen LogP contribution in [-0.2, 0) is 4.74 Å². The van der Waals surface area contributed by atoms with Gasteiger partial charge in [0.25, 0.3) is 0 Å². The van der Waals surface area contributed by atoms with Crippen LogP contribution in [0.2, 0.25) is 0 Å². The second-order valence-electron chi connectivity index (χ2n) is 6.32. The predicted octanol–water partition coefficient (Wildman–Crippen LogP) is 2.22. The molecule has 0 aliphatic carbocycles. The van der Waals surface area contributed by atoms with Crippen molar-refractivity contribution in [3.05, 3.63) is 42.7 Å². The number of pyridine rings is 1. The van der Waals surface area contributed by atoms with E-state index >= 15 is 0 Å². The Balaban J connectivity index is 1.34. The van der Waals surface area contributed by atoms with Crippen LogP contribution < -0.4 is 9.64 Å². The van der Waals surface area contributed by atoms with E-state index in [0.717, 1.165) is 38.1 Å². The summed E-state index contributed by atoms with van der Waals surface area (Å²) in [6, 6.07) is 3.77.